The van der Waals surface area contributed by atoms with Crippen LogP contribution in [0.15, 0.2) is 4.79 Å². The van der Waals surface area contributed by atoms with Crippen molar-refractivity contribution in [2.24, 2.45) is 5.92 Å². The van der Waals surface area contributed by atoms with Gasteiger partial charge in [0.1, 0.15) is 5.82 Å². The van der Waals surface area contributed by atoms with Gasteiger partial charge in [-0.1, -0.05) is 6.42 Å². The third-order valence-corrected chi connectivity index (χ3v) is 5.84. The molecule has 1 N–H and O–H groups in total. The molecule has 24 heavy (non-hydrogen) atoms. The number of rotatable bonds is 6. The number of nitrogens with zero attached hydrogens (tertiary/aromatic N) is 4. The maximum absolute atomic E-state index is 12.7. The van der Waals surface area contributed by atoms with E-state index in [9.17, 15) is 4.79 Å². The summed E-state index contributed by atoms with van der Waals surface area (Å²) in [7, 11) is 2.21. The average Bonchev–Trinajstić information content (AvgIpc) is 2.90. The number of likely N-dealkylation sites (tertiary alicyclic amines) is 1. The minimum atomic E-state index is 0.0832. The molecule has 2 saturated heterocycles. The fourth-order valence-electron chi connectivity index (χ4n) is 4.22. The fraction of sp³-hybridized carbons (Fsp3) is 0.889. The Morgan fingerprint density at radius 1 is 1.21 bits per heavy atom. The van der Waals surface area contributed by atoms with Gasteiger partial charge in [-0.15, -0.1) is 0 Å². The third-order valence-electron chi connectivity index (χ3n) is 5.84. The first kappa shape index (κ1) is 17.7. The van der Waals surface area contributed by atoms with Crippen LogP contribution in [0, 0.1) is 5.92 Å². The van der Waals surface area contributed by atoms with E-state index in [1.54, 1.807) is 4.68 Å². The Kier molecular flexibility index (Phi) is 6.11. The zero-order valence-corrected chi connectivity index (χ0v) is 15.3. The van der Waals surface area contributed by atoms with Crippen LogP contribution in [0.4, 0.5) is 0 Å². The molecule has 0 amide bonds. The zero-order valence-electron chi connectivity index (χ0n) is 15.3. The predicted octanol–water partition coefficient (Wildman–Crippen LogP) is 1.48. The molecule has 6 nitrogen and oxygen atoms in total. The van der Waals surface area contributed by atoms with Crippen molar-refractivity contribution >= 4 is 0 Å². The minimum absolute atomic E-state index is 0.0832. The lowest BCUT2D eigenvalue weighted by Crippen LogP contribution is -2.37. The Bertz CT molecular complexity index is 572. The minimum Gasteiger partial charge on any atom is -0.317 e. The van der Waals surface area contributed by atoms with E-state index >= 15 is 0 Å². The number of hydrogen-bond donors (Lipinski definition) is 1. The van der Waals surface area contributed by atoms with E-state index in [4.69, 9.17) is 5.10 Å². The number of piperidine rings is 2. The van der Waals surface area contributed by atoms with Gasteiger partial charge in [0, 0.05) is 25.6 Å². The molecule has 0 saturated carbocycles. The molecule has 3 rings (SSSR count). The predicted molar refractivity (Wildman–Crippen MR) is 96.3 cm³/mol. The van der Waals surface area contributed by atoms with Gasteiger partial charge in [-0.2, -0.15) is 5.10 Å². The highest BCUT2D eigenvalue weighted by atomic mass is 16.2. The fourth-order valence-corrected chi connectivity index (χ4v) is 4.22. The molecule has 0 radical (unpaired) electrons. The Hall–Kier alpha value is -1.14. The van der Waals surface area contributed by atoms with Gasteiger partial charge in [0.05, 0.1) is 0 Å². The number of nitrogens with one attached hydrogen (secondary N) is 1. The van der Waals surface area contributed by atoms with E-state index < -0.39 is 0 Å². The van der Waals surface area contributed by atoms with Crippen molar-refractivity contribution < 1.29 is 0 Å². The van der Waals surface area contributed by atoms with Crippen LogP contribution >= 0.6 is 0 Å². The molecule has 2 aliphatic rings. The number of aryl methyl sites for hydroxylation is 1. The van der Waals surface area contributed by atoms with Gasteiger partial charge in [-0.3, -0.25) is 4.57 Å². The number of hydrogen-bond acceptors (Lipinski definition) is 4. The average molecular weight is 335 g/mol. The lowest BCUT2D eigenvalue weighted by molar-refractivity contribution is 0.169. The van der Waals surface area contributed by atoms with Crippen LogP contribution in [0.1, 0.15) is 51.3 Å². The van der Waals surface area contributed by atoms with E-state index in [1.165, 1.54) is 38.6 Å². The second kappa shape index (κ2) is 8.30. The molecule has 2 aliphatic heterocycles. The number of aromatic nitrogens is 3. The van der Waals surface area contributed by atoms with E-state index in [2.05, 4.69) is 17.3 Å². The monoisotopic (exact) mass is 335 g/mol. The molecule has 1 aromatic rings. The van der Waals surface area contributed by atoms with Gasteiger partial charge in [0.25, 0.3) is 0 Å². The first-order chi connectivity index (χ1) is 11.7. The summed E-state index contributed by atoms with van der Waals surface area (Å²) in [6, 6.07) is 0.602. The quantitative estimate of drug-likeness (QED) is 0.856. The van der Waals surface area contributed by atoms with Gasteiger partial charge >= 0.3 is 5.69 Å². The highest BCUT2D eigenvalue weighted by molar-refractivity contribution is 4.91. The van der Waals surface area contributed by atoms with Crippen molar-refractivity contribution in [1.29, 1.82) is 0 Å². The maximum atomic E-state index is 12.7. The summed E-state index contributed by atoms with van der Waals surface area (Å²) in [6.45, 7) is 6.90. The summed E-state index contributed by atoms with van der Waals surface area (Å²) < 4.78 is 3.61. The summed E-state index contributed by atoms with van der Waals surface area (Å²) in [5.74, 6) is 1.66. The van der Waals surface area contributed by atoms with Gasteiger partial charge < -0.3 is 10.2 Å². The van der Waals surface area contributed by atoms with Gasteiger partial charge in [-0.25, -0.2) is 9.48 Å². The largest absolute Gasteiger partial charge is 0.345 e. The summed E-state index contributed by atoms with van der Waals surface area (Å²) in [5.41, 5.74) is 0.0832. The molecular weight excluding hydrogens is 302 g/mol. The van der Waals surface area contributed by atoms with Crippen molar-refractivity contribution in [3.63, 3.8) is 0 Å². The van der Waals surface area contributed by atoms with Crippen LogP contribution in [-0.4, -0.2) is 52.0 Å². The summed E-state index contributed by atoms with van der Waals surface area (Å²) in [6.07, 6.45) is 8.23. The van der Waals surface area contributed by atoms with Gasteiger partial charge in [0.2, 0.25) is 0 Å². The second-order valence-corrected chi connectivity index (χ2v) is 7.48. The molecular formula is C18H33N5O. The Morgan fingerprint density at radius 3 is 2.71 bits per heavy atom. The molecule has 1 atom stereocenters. The van der Waals surface area contributed by atoms with Crippen LogP contribution in [-0.2, 0) is 19.5 Å². The topological polar surface area (TPSA) is 55.1 Å². The maximum Gasteiger partial charge on any atom is 0.345 e. The van der Waals surface area contributed by atoms with E-state index in [1.807, 2.05) is 11.5 Å². The smallest absolute Gasteiger partial charge is 0.317 e. The Balaban J connectivity index is 1.65. The van der Waals surface area contributed by atoms with Crippen molar-refractivity contribution in [3.8, 4) is 0 Å². The van der Waals surface area contributed by atoms with E-state index in [-0.39, 0.29) is 5.69 Å². The molecule has 1 aromatic heterocycles. The molecule has 2 fully saturated rings. The Morgan fingerprint density at radius 2 is 2.00 bits per heavy atom. The normalized spacial score (nSPS) is 23.7. The first-order valence-electron chi connectivity index (χ1n) is 9.76. The molecule has 1 unspecified atom stereocenters. The summed E-state index contributed by atoms with van der Waals surface area (Å²) in [4.78, 5) is 15.1. The molecule has 136 valence electrons. The van der Waals surface area contributed by atoms with Crippen molar-refractivity contribution in [3.05, 3.63) is 16.3 Å². The van der Waals surface area contributed by atoms with Crippen LogP contribution in [0.5, 0.6) is 0 Å². The molecule has 6 heteroatoms. The lowest BCUT2D eigenvalue weighted by atomic mass is 9.94. The molecule has 3 heterocycles. The van der Waals surface area contributed by atoms with Crippen molar-refractivity contribution in [1.82, 2.24) is 24.6 Å². The standard InChI is InChI=1S/C18H33N5O/c1-3-22-17(14-15-7-10-19-11-8-15)20-23(18(22)24)13-9-16-6-4-5-12-21(16)2/h15-16,19H,3-14H2,1-2H3. The van der Waals surface area contributed by atoms with Gasteiger partial charge in [0.15, 0.2) is 0 Å². The van der Waals surface area contributed by atoms with Crippen LogP contribution in [0.2, 0.25) is 0 Å². The zero-order chi connectivity index (χ0) is 16.9. The van der Waals surface area contributed by atoms with Crippen LogP contribution in [0.3, 0.4) is 0 Å². The molecule has 0 aliphatic carbocycles. The SMILES string of the molecule is CCn1c(CC2CCNCC2)nn(CCC2CCCCN2C)c1=O. The second-order valence-electron chi connectivity index (χ2n) is 7.48. The van der Waals surface area contributed by atoms with Gasteiger partial charge in [-0.05, 0) is 71.6 Å². The first-order valence-corrected chi connectivity index (χ1v) is 9.76. The van der Waals surface area contributed by atoms with Crippen molar-refractivity contribution in [2.45, 2.75) is 71.0 Å². The molecule has 0 spiro atoms. The molecule has 0 bridgehead atoms. The van der Waals surface area contributed by atoms with E-state index in [0.29, 0.717) is 12.0 Å². The summed E-state index contributed by atoms with van der Waals surface area (Å²) in [5, 5.41) is 8.12. The highest BCUT2D eigenvalue weighted by Gasteiger charge is 2.22. The highest BCUT2D eigenvalue weighted by Crippen LogP contribution is 2.19. The van der Waals surface area contributed by atoms with Crippen molar-refractivity contribution in [2.75, 3.05) is 26.7 Å². The van der Waals surface area contributed by atoms with Crippen LogP contribution in [0.25, 0.3) is 0 Å². The van der Waals surface area contributed by atoms with E-state index in [0.717, 1.165) is 44.8 Å². The summed E-state index contributed by atoms with van der Waals surface area (Å²) >= 11 is 0. The van der Waals surface area contributed by atoms with Crippen LogP contribution < -0.4 is 11.0 Å². The third kappa shape index (κ3) is 4.09. The lowest BCUT2D eigenvalue weighted by Gasteiger charge is -2.32. The molecule has 0 aromatic carbocycles. The Labute approximate surface area is 145 Å².